The summed E-state index contributed by atoms with van der Waals surface area (Å²) in [4.78, 5) is 35.2. The van der Waals surface area contributed by atoms with E-state index >= 15 is 0 Å². The molecule has 4 aromatic rings. The lowest BCUT2D eigenvalue weighted by Gasteiger charge is -2.23. The van der Waals surface area contributed by atoms with Gasteiger partial charge in [-0.05, 0) is 61.2 Å². The van der Waals surface area contributed by atoms with E-state index in [1.54, 1.807) is 59.9 Å². The summed E-state index contributed by atoms with van der Waals surface area (Å²) < 4.78 is 20.3. The second-order valence-electron chi connectivity index (χ2n) is 8.18. The first-order valence-corrected chi connectivity index (χ1v) is 10.9. The van der Waals surface area contributed by atoms with E-state index in [0.29, 0.717) is 35.2 Å². The van der Waals surface area contributed by atoms with E-state index in [-0.39, 0.29) is 11.7 Å². The van der Waals surface area contributed by atoms with E-state index in [4.69, 9.17) is 0 Å². The molecule has 1 aliphatic carbocycles. The Morgan fingerprint density at radius 2 is 2.00 bits per heavy atom. The molecule has 0 unspecified atom stereocenters. The Kier molecular flexibility index (Phi) is 5.67. The van der Waals surface area contributed by atoms with Crippen LogP contribution in [0.3, 0.4) is 0 Å². The Bertz CT molecular complexity index is 1360. The van der Waals surface area contributed by atoms with Crippen molar-refractivity contribution in [1.82, 2.24) is 14.4 Å². The summed E-state index contributed by atoms with van der Waals surface area (Å²) in [7, 11) is 1.28. The van der Waals surface area contributed by atoms with E-state index < -0.39 is 6.09 Å². The van der Waals surface area contributed by atoms with Crippen molar-refractivity contribution in [1.29, 1.82) is 0 Å². The minimum Gasteiger partial charge on any atom is -0.453 e. The van der Waals surface area contributed by atoms with Gasteiger partial charge in [-0.1, -0.05) is 6.07 Å². The van der Waals surface area contributed by atoms with Gasteiger partial charge in [-0.25, -0.2) is 19.2 Å². The summed E-state index contributed by atoms with van der Waals surface area (Å²) in [5.41, 5.74) is 3.17. The van der Waals surface area contributed by atoms with Crippen LogP contribution < -0.4 is 10.2 Å². The highest BCUT2D eigenvalue weighted by molar-refractivity contribution is 6.06. The number of amides is 2. The number of rotatable bonds is 6. The van der Waals surface area contributed by atoms with Gasteiger partial charge in [0.2, 0.25) is 0 Å². The Hall–Kier alpha value is -4.27. The number of halogens is 1. The fraction of sp³-hybridized carbons (Fsp3) is 0.200. The molecule has 1 fully saturated rings. The van der Waals surface area contributed by atoms with E-state index in [2.05, 4.69) is 20.0 Å². The topological polar surface area (TPSA) is 88.8 Å². The molecule has 8 nitrogen and oxygen atoms in total. The van der Waals surface area contributed by atoms with Gasteiger partial charge in [0.1, 0.15) is 17.3 Å². The number of carbonyl (C=O) groups excluding carboxylic acids is 2. The van der Waals surface area contributed by atoms with Crippen molar-refractivity contribution in [3.05, 3.63) is 78.5 Å². The van der Waals surface area contributed by atoms with Crippen molar-refractivity contribution in [3.8, 4) is 11.3 Å². The van der Waals surface area contributed by atoms with Crippen LogP contribution in [0.15, 0.2) is 67.1 Å². The van der Waals surface area contributed by atoms with Crippen molar-refractivity contribution in [3.63, 3.8) is 0 Å². The molecule has 3 heterocycles. The minimum absolute atomic E-state index is 0.199. The van der Waals surface area contributed by atoms with Crippen LogP contribution in [0.25, 0.3) is 16.9 Å². The van der Waals surface area contributed by atoms with Gasteiger partial charge >= 0.3 is 6.09 Å². The molecule has 0 bridgehead atoms. The van der Waals surface area contributed by atoms with Gasteiger partial charge in [0, 0.05) is 30.2 Å². The number of methoxy groups -OCH3 is 1. The normalized spacial score (nSPS) is 13.0. The number of benzene rings is 1. The molecule has 1 aromatic carbocycles. The third kappa shape index (κ3) is 4.45. The number of carbonyl (C=O) groups is 2. The average molecular weight is 459 g/mol. The van der Waals surface area contributed by atoms with Crippen LogP contribution >= 0.6 is 0 Å². The zero-order valence-electron chi connectivity index (χ0n) is 18.4. The summed E-state index contributed by atoms with van der Waals surface area (Å²) in [5.74, 6) is 0.208. The Balaban J connectivity index is 1.47. The maximum absolute atomic E-state index is 13.9. The highest BCUT2D eigenvalue weighted by Gasteiger charge is 2.28. The van der Waals surface area contributed by atoms with Crippen LogP contribution in [-0.2, 0) is 4.74 Å². The molecule has 34 heavy (non-hydrogen) atoms. The SMILES string of the molecule is COC(=O)Nc1ccc(-c2cnc3ccc(C(=O)N(CC4CC4)c4cccc(F)c4)cn23)cn1. The van der Waals surface area contributed by atoms with Gasteiger partial charge in [0.05, 0.1) is 24.6 Å². The average Bonchev–Trinajstić information content (AvgIpc) is 3.58. The highest BCUT2D eigenvalue weighted by Crippen LogP contribution is 2.32. The smallest absolute Gasteiger partial charge is 0.412 e. The van der Waals surface area contributed by atoms with E-state index in [0.717, 1.165) is 24.1 Å². The fourth-order valence-corrected chi connectivity index (χ4v) is 3.76. The van der Waals surface area contributed by atoms with E-state index in [9.17, 15) is 14.0 Å². The third-order valence-electron chi connectivity index (χ3n) is 5.73. The lowest BCUT2D eigenvalue weighted by atomic mass is 10.2. The van der Waals surface area contributed by atoms with Crippen LogP contribution in [-0.4, -0.2) is 40.0 Å². The number of nitrogens with one attached hydrogen (secondary N) is 1. The van der Waals surface area contributed by atoms with E-state index in [1.165, 1.54) is 19.2 Å². The molecule has 9 heteroatoms. The number of imidazole rings is 1. The number of fused-ring (bicyclic) bond motifs is 1. The lowest BCUT2D eigenvalue weighted by Crippen LogP contribution is -2.33. The Labute approximate surface area is 195 Å². The Morgan fingerprint density at radius 1 is 1.15 bits per heavy atom. The molecular formula is C25H22FN5O3. The molecule has 1 aliphatic rings. The standard InChI is InChI=1S/C25H22FN5O3/c1-34-25(33)29-22-9-7-17(12-27-22)21-13-28-23-10-8-18(15-31(21)23)24(32)30(14-16-5-6-16)20-4-2-3-19(26)11-20/h2-4,7-13,15-16H,5-6,14H2,1H3,(H,27,29,33). The molecule has 0 saturated heterocycles. The summed E-state index contributed by atoms with van der Waals surface area (Å²) in [6, 6.07) is 13.1. The molecular weight excluding hydrogens is 437 g/mol. The number of ether oxygens (including phenoxy) is 1. The molecule has 1 saturated carbocycles. The number of nitrogens with zero attached hydrogens (tertiary/aromatic N) is 4. The summed E-state index contributed by atoms with van der Waals surface area (Å²) in [5, 5.41) is 2.51. The van der Waals surface area contributed by atoms with Crippen LogP contribution in [0.2, 0.25) is 0 Å². The highest BCUT2D eigenvalue weighted by atomic mass is 19.1. The van der Waals surface area contributed by atoms with E-state index in [1.807, 2.05) is 4.40 Å². The molecule has 5 rings (SSSR count). The third-order valence-corrected chi connectivity index (χ3v) is 5.73. The molecule has 0 spiro atoms. The lowest BCUT2D eigenvalue weighted by molar-refractivity contribution is 0.0985. The largest absolute Gasteiger partial charge is 0.453 e. The zero-order valence-corrected chi connectivity index (χ0v) is 18.4. The quantitative estimate of drug-likeness (QED) is 0.449. The maximum Gasteiger partial charge on any atom is 0.412 e. The van der Waals surface area contributed by atoms with Crippen LogP contribution in [0, 0.1) is 11.7 Å². The molecule has 3 aromatic heterocycles. The van der Waals surface area contributed by atoms with Crippen LogP contribution in [0.4, 0.5) is 20.7 Å². The Morgan fingerprint density at radius 3 is 2.71 bits per heavy atom. The second-order valence-corrected chi connectivity index (χ2v) is 8.18. The summed E-state index contributed by atoms with van der Waals surface area (Å²) >= 11 is 0. The molecule has 0 atom stereocenters. The number of anilines is 2. The first-order valence-electron chi connectivity index (χ1n) is 10.9. The molecule has 1 N–H and O–H groups in total. The number of aromatic nitrogens is 3. The van der Waals surface area contributed by atoms with Gasteiger partial charge in [-0.3, -0.25) is 14.5 Å². The molecule has 0 radical (unpaired) electrons. The van der Waals surface area contributed by atoms with Gasteiger partial charge < -0.3 is 9.64 Å². The minimum atomic E-state index is -0.604. The predicted octanol–water partition coefficient (Wildman–Crippen LogP) is 4.77. The molecule has 0 aliphatic heterocycles. The monoisotopic (exact) mass is 459 g/mol. The van der Waals surface area contributed by atoms with Crippen molar-refractivity contribution >= 4 is 29.2 Å². The molecule has 2 amide bonds. The van der Waals surface area contributed by atoms with Gasteiger partial charge in [-0.15, -0.1) is 0 Å². The fourth-order valence-electron chi connectivity index (χ4n) is 3.76. The molecule has 172 valence electrons. The van der Waals surface area contributed by atoms with Crippen molar-refractivity contribution in [2.45, 2.75) is 12.8 Å². The number of hydrogen-bond donors (Lipinski definition) is 1. The maximum atomic E-state index is 13.9. The van der Waals surface area contributed by atoms with Gasteiger partial charge in [0.25, 0.3) is 5.91 Å². The van der Waals surface area contributed by atoms with Crippen molar-refractivity contribution < 1.29 is 18.7 Å². The van der Waals surface area contributed by atoms with Gasteiger partial charge in [0.15, 0.2) is 0 Å². The van der Waals surface area contributed by atoms with Crippen LogP contribution in [0.1, 0.15) is 23.2 Å². The predicted molar refractivity (Wildman–Crippen MR) is 125 cm³/mol. The van der Waals surface area contributed by atoms with Gasteiger partial charge in [-0.2, -0.15) is 0 Å². The number of pyridine rings is 2. The zero-order chi connectivity index (χ0) is 23.7. The van der Waals surface area contributed by atoms with Crippen molar-refractivity contribution in [2.24, 2.45) is 5.92 Å². The first-order chi connectivity index (χ1) is 16.5. The number of hydrogen-bond acceptors (Lipinski definition) is 5. The first kappa shape index (κ1) is 21.6. The van der Waals surface area contributed by atoms with Crippen LogP contribution in [0.5, 0.6) is 0 Å². The van der Waals surface area contributed by atoms with Crippen molar-refractivity contribution in [2.75, 3.05) is 23.9 Å². The summed E-state index contributed by atoms with van der Waals surface area (Å²) in [6.45, 7) is 0.551. The second kappa shape index (κ2) is 8.93. The summed E-state index contributed by atoms with van der Waals surface area (Å²) in [6.07, 6.45) is 6.57.